The highest BCUT2D eigenvalue weighted by Gasteiger charge is 2.23. The van der Waals surface area contributed by atoms with Crippen LogP contribution in [0.25, 0.3) is 0 Å². The molecule has 0 bridgehead atoms. The fraction of sp³-hybridized carbons (Fsp3) is 0.429. The van der Waals surface area contributed by atoms with E-state index in [9.17, 15) is 5.11 Å². The van der Waals surface area contributed by atoms with E-state index in [0.717, 1.165) is 31.0 Å². The minimum atomic E-state index is -0.466. The lowest BCUT2D eigenvalue weighted by Crippen LogP contribution is -3.13. The molecule has 2 aromatic rings. The fourth-order valence-corrected chi connectivity index (χ4v) is 3.69. The molecule has 0 fully saturated rings. The zero-order valence-corrected chi connectivity index (χ0v) is 14.9. The molecule has 0 spiro atoms. The van der Waals surface area contributed by atoms with E-state index in [1.165, 1.54) is 16.0 Å². The summed E-state index contributed by atoms with van der Waals surface area (Å²) in [7, 11) is 0. The molecule has 2 N–H and O–H groups in total. The summed E-state index contributed by atoms with van der Waals surface area (Å²) in [4.78, 5) is 1.41. The van der Waals surface area contributed by atoms with Crippen molar-refractivity contribution in [3.63, 3.8) is 0 Å². The van der Waals surface area contributed by atoms with Crippen molar-refractivity contribution in [3.05, 3.63) is 59.7 Å². The highest BCUT2D eigenvalue weighted by molar-refractivity contribution is 5.40. The van der Waals surface area contributed by atoms with Crippen molar-refractivity contribution >= 4 is 0 Å². The van der Waals surface area contributed by atoms with Gasteiger partial charge in [0.25, 0.3) is 0 Å². The van der Waals surface area contributed by atoms with Crippen LogP contribution < -0.4 is 14.4 Å². The Labute approximate surface area is 154 Å². The highest BCUT2D eigenvalue weighted by Crippen LogP contribution is 2.30. The molecule has 2 aliphatic heterocycles. The van der Waals surface area contributed by atoms with Crippen molar-refractivity contribution in [2.24, 2.45) is 0 Å². The largest absolute Gasteiger partial charge is 0.486 e. The molecule has 0 saturated carbocycles. The number of benzene rings is 2. The number of nitrogens with one attached hydrogen (secondary N) is 1. The second-order valence-electron chi connectivity index (χ2n) is 7.09. The summed E-state index contributed by atoms with van der Waals surface area (Å²) in [6.45, 7) is 3.96. The number of fused-ring (bicyclic) bond motifs is 2. The average Bonchev–Trinajstić information content (AvgIpc) is 2.68. The molecule has 3 atom stereocenters. The monoisotopic (exact) mass is 356 g/mol. The Morgan fingerprint density at radius 2 is 1.85 bits per heavy atom. The summed E-state index contributed by atoms with van der Waals surface area (Å²) < 4.78 is 17.2. The molecular weight excluding hydrogens is 330 g/mol. The van der Waals surface area contributed by atoms with Crippen molar-refractivity contribution in [2.75, 3.05) is 32.9 Å². The van der Waals surface area contributed by atoms with Crippen LogP contribution in [0.4, 0.5) is 0 Å². The van der Waals surface area contributed by atoms with Crippen molar-refractivity contribution in [3.8, 4) is 11.5 Å². The summed E-state index contributed by atoms with van der Waals surface area (Å²) >= 11 is 0. The topological polar surface area (TPSA) is 52.4 Å². The maximum absolute atomic E-state index is 10.3. The third-order valence-electron chi connectivity index (χ3n) is 5.01. The zero-order chi connectivity index (χ0) is 17.8. The van der Waals surface area contributed by atoms with Gasteiger partial charge in [0.15, 0.2) is 17.6 Å². The highest BCUT2D eigenvalue weighted by atomic mass is 16.6. The van der Waals surface area contributed by atoms with Crippen molar-refractivity contribution in [1.82, 2.24) is 0 Å². The van der Waals surface area contributed by atoms with Gasteiger partial charge in [0.05, 0.1) is 19.8 Å². The van der Waals surface area contributed by atoms with Crippen LogP contribution in [0.5, 0.6) is 11.5 Å². The van der Waals surface area contributed by atoms with Crippen LogP contribution in [0, 0.1) is 0 Å². The number of aliphatic hydroxyl groups excluding tert-OH is 1. The van der Waals surface area contributed by atoms with E-state index in [0.29, 0.717) is 26.4 Å². The first-order valence-corrected chi connectivity index (χ1v) is 9.32. The number of para-hydroxylation sites is 2. The third kappa shape index (κ3) is 4.18. The maximum atomic E-state index is 10.3. The van der Waals surface area contributed by atoms with Gasteiger partial charge in [0.2, 0.25) is 0 Å². The first kappa shape index (κ1) is 17.3. The minimum absolute atomic E-state index is 0.133. The van der Waals surface area contributed by atoms with E-state index in [-0.39, 0.29) is 6.10 Å². The fourth-order valence-electron chi connectivity index (χ4n) is 3.69. The molecule has 0 radical (unpaired) electrons. The number of hydrogen-bond acceptors (Lipinski definition) is 4. The molecule has 5 nitrogen and oxygen atoms in total. The van der Waals surface area contributed by atoms with Crippen LogP contribution in [-0.2, 0) is 17.7 Å². The Morgan fingerprint density at radius 3 is 2.73 bits per heavy atom. The molecule has 4 rings (SSSR count). The SMILES string of the molecule is O[C@H](COC[C@H]1COc2ccccc2O1)C[NH+]1CCc2ccccc2C1. The summed E-state index contributed by atoms with van der Waals surface area (Å²) in [6.07, 6.45) is 0.476. The molecule has 0 aromatic heterocycles. The van der Waals surface area contributed by atoms with Gasteiger partial charge in [0.1, 0.15) is 25.8 Å². The van der Waals surface area contributed by atoms with Crippen molar-refractivity contribution in [2.45, 2.75) is 25.2 Å². The van der Waals surface area contributed by atoms with E-state index in [4.69, 9.17) is 14.2 Å². The standard InChI is InChI=1S/C21H25NO4/c23-18(12-22-10-9-16-5-1-2-6-17(16)11-22)13-24-14-19-15-25-20-7-3-4-8-21(20)26-19/h1-8,18-19,23H,9-15H2/p+1/t18-,19-/m0/s1. The molecule has 2 heterocycles. The first-order chi connectivity index (χ1) is 12.8. The second kappa shape index (κ2) is 8.08. The minimum Gasteiger partial charge on any atom is -0.486 e. The average molecular weight is 356 g/mol. The van der Waals surface area contributed by atoms with Crippen molar-refractivity contribution in [1.29, 1.82) is 0 Å². The van der Waals surface area contributed by atoms with E-state index in [2.05, 4.69) is 24.3 Å². The second-order valence-corrected chi connectivity index (χ2v) is 7.09. The molecule has 26 heavy (non-hydrogen) atoms. The van der Waals surface area contributed by atoms with Gasteiger partial charge in [-0.2, -0.15) is 0 Å². The Hall–Kier alpha value is -2.08. The normalized spacial score (nSPS) is 22.5. The Balaban J connectivity index is 1.19. The molecule has 138 valence electrons. The number of ether oxygens (including phenoxy) is 3. The molecule has 0 saturated heterocycles. The zero-order valence-electron chi connectivity index (χ0n) is 14.9. The summed E-state index contributed by atoms with van der Waals surface area (Å²) in [5.41, 5.74) is 2.84. The quantitative estimate of drug-likeness (QED) is 0.806. The number of aliphatic hydroxyl groups is 1. The Morgan fingerprint density at radius 1 is 1.08 bits per heavy atom. The lowest BCUT2D eigenvalue weighted by atomic mass is 10.00. The van der Waals surface area contributed by atoms with E-state index >= 15 is 0 Å². The lowest BCUT2D eigenvalue weighted by Gasteiger charge is -2.28. The summed E-state index contributed by atoms with van der Waals surface area (Å²) in [5.74, 6) is 1.53. The summed E-state index contributed by atoms with van der Waals surface area (Å²) in [6, 6.07) is 16.2. The van der Waals surface area contributed by atoms with E-state index in [1.807, 2.05) is 24.3 Å². The summed E-state index contributed by atoms with van der Waals surface area (Å²) in [5, 5.41) is 10.3. The van der Waals surface area contributed by atoms with Crippen LogP contribution in [0.3, 0.4) is 0 Å². The van der Waals surface area contributed by atoms with Gasteiger partial charge in [-0.05, 0) is 17.7 Å². The van der Waals surface area contributed by atoms with Crippen LogP contribution in [-0.4, -0.2) is 50.2 Å². The predicted molar refractivity (Wildman–Crippen MR) is 97.7 cm³/mol. The van der Waals surface area contributed by atoms with Gasteiger partial charge in [-0.25, -0.2) is 0 Å². The van der Waals surface area contributed by atoms with Crippen molar-refractivity contribution < 1.29 is 24.2 Å². The van der Waals surface area contributed by atoms with Gasteiger partial charge < -0.3 is 24.2 Å². The molecule has 5 heteroatoms. The van der Waals surface area contributed by atoms with Gasteiger partial charge >= 0.3 is 0 Å². The molecular formula is C21H26NO4+. The van der Waals surface area contributed by atoms with Gasteiger partial charge in [-0.1, -0.05) is 36.4 Å². The van der Waals surface area contributed by atoms with Crippen LogP contribution in [0.2, 0.25) is 0 Å². The maximum Gasteiger partial charge on any atom is 0.161 e. The van der Waals surface area contributed by atoms with E-state index < -0.39 is 6.10 Å². The molecule has 1 unspecified atom stereocenters. The smallest absolute Gasteiger partial charge is 0.161 e. The predicted octanol–water partition coefficient (Wildman–Crippen LogP) is 0.845. The molecule has 0 amide bonds. The number of rotatable bonds is 6. The first-order valence-electron chi connectivity index (χ1n) is 9.32. The molecule has 2 aliphatic rings. The van der Waals surface area contributed by atoms with Gasteiger partial charge in [0, 0.05) is 12.0 Å². The number of quaternary nitrogens is 1. The van der Waals surface area contributed by atoms with E-state index in [1.54, 1.807) is 0 Å². The number of hydrogen-bond donors (Lipinski definition) is 2. The Kier molecular flexibility index (Phi) is 5.39. The van der Waals surface area contributed by atoms with Gasteiger partial charge in [-0.15, -0.1) is 0 Å². The van der Waals surface area contributed by atoms with Crippen LogP contribution >= 0.6 is 0 Å². The molecule has 0 aliphatic carbocycles. The third-order valence-corrected chi connectivity index (χ3v) is 5.01. The van der Waals surface area contributed by atoms with Crippen LogP contribution in [0.15, 0.2) is 48.5 Å². The Bertz CT molecular complexity index is 735. The van der Waals surface area contributed by atoms with Gasteiger partial charge in [-0.3, -0.25) is 0 Å². The lowest BCUT2D eigenvalue weighted by molar-refractivity contribution is -0.919. The van der Waals surface area contributed by atoms with Crippen LogP contribution in [0.1, 0.15) is 11.1 Å². The molecule has 2 aromatic carbocycles.